The van der Waals surface area contributed by atoms with Gasteiger partial charge in [-0.2, -0.15) is 0 Å². The summed E-state index contributed by atoms with van der Waals surface area (Å²) in [5, 5.41) is 0. The topological polar surface area (TPSA) is 26.0 Å². The number of fused-ring (bicyclic) bond motifs is 1. The van der Waals surface area contributed by atoms with E-state index in [9.17, 15) is 0 Å². The lowest BCUT2D eigenvalue weighted by Crippen LogP contribution is -2.24. The lowest BCUT2D eigenvalue weighted by Gasteiger charge is -2.28. The molecule has 1 nitrogen and oxygen atoms in total. The monoisotopic (exact) mass is 133 g/mol. The molecule has 0 radical (unpaired) electrons. The maximum atomic E-state index is 5.55. The summed E-state index contributed by atoms with van der Waals surface area (Å²) in [5.41, 5.74) is 8.50. The normalized spacial score (nSPS) is 21.5. The van der Waals surface area contributed by atoms with Crippen LogP contribution < -0.4 is 5.73 Å². The summed E-state index contributed by atoms with van der Waals surface area (Å²) in [6.07, 6.45) is 1.19. The predicted molar refractivity (Wildman–Crippen MR) is 41.9 cm³/mol. The molecular weight excluding hydrogens is 122 g/mol. The molecule has 0 saturated carbocycles. The molecule has 1 aromatic rings. The molecule has 10 heavy (non-hydrogen) atoms. The molecule has 0 unspecified atom stereocenters. The first-order valence-corrected chi connectivity index (χ1v) is 3.69. The highest BCUT2D eigenvalue weighted by Gasteiger charge is 2.22. The third-order valence-corrected chi connectivity index (χ3v) is 2.25. The SMILES string of the molecule is NC[C@@H]1Cc2ccccc21. The standard InChI is InChI=1S/C9H11N/c10-6-8-5-7-3-1-2-4-9(7)8/h1-4,8H,5-6,10H2/t8-/m0/s1. The van der Waals surface area contributed by atoms with Crippen LogP contribution in [-0.2, 0) is 6.42 Å². The lowest BCUT2D eigenvalue weighted by molar-refractivity contribution is 0.618. The second-order valence-electron chi connectivity index (χ2n) is 2.84. The highest BCUT2D eigenvalue weighted by Crippen LogP contribution is 2.33. The Kier molecular flexibility index (Phi) is 1.24. The van der Waals surface area contributed by atoms with E-state index in [-0.39, 0.29) is 0 Å². The van der Waals surface area contributed by atoms with Gasteiger partial charge < -0.3 is 5.73 Å². The van der Waals surface area contributed by atoms with Gasteiger partial charge in [-0.15, -0.1) is 0 Å². The van der Waals surface area contributed by atoms with Crippen molar-refractivity contribution in [2.75, 3.05) is 6.54 Å². The highest BCUT2D eigenvalue weighted by molar-refractivity contribution is 5.39. The summed E-state index contributed by atoms with van der Waals surface area (Å²) in [7, 11) is 0. The van der Waals surface area contributed by atoms with Crippen molar-refractivity contribution in [1.82, 2.24) is 0 Å². The van der Waals surface area contributed by atoms with E-state index in [0.717, 1.165) is 6.54 Å². The Hall–Kier alpha value is -0.820. The maximum Gasteiger partial charge on any atom is 0.000440 e. The number of hydrogen-bond donors (Lipinski definition) is 1. The molecule has 0 amide bonds. The van der Waals surface area contributed by atoms with Crippen LogP contribution >= 0.6 is 0 Å². The van der Waals surface area contributed by atoms with Crippen LogP contribution in [0.3, 0.4) is 0 Å². The van der Waals surface area contributed by atoms with E-state index in [0.29, 0.717) is 5.92 Å². The predicted octanol–water partition coefficient (Wildman–Crippen LogP) is 1.28. The number of nitrogens with two attached hydrogens (primary N) is 1. The van der Waals surface area contributed by atoms with E-state index in [1.54, 1.807) is 0 Å². The molecule has 2 rings (SSSR count). The van der Waals surface area contributed by atoms with Gasteiger partial charge in [0.05, 0.1) is 0 Å². The van der Waals surface area contributed by atoms with Crippen molar-refractivity contribution in [2.24, 2.45) is 5.73 Å². The minimum Gasteiger partial charge on any atom is -0.330 e. The van der Waals surface area contributed by atoms with E-state index >= 15 is 0 Å². The summed E-state index contributed by atoms with van der Waals surface area (Å²) in [5.74, 6) is 0.649. The van der Waals surface area contributed by atoms with Gasteiger partial charge in [-0.3, -0.25) is 0 Å². The molecule has 0 fully saturated rings. The zero-order chi connectivity index (χ0) is 6.97. The second-order valence-corrected chi connectivity index (χ2v) is 2.84. The molecule has 0 aliphatic heterocycles. The number of rotatable bonds is 1. The van der Waals surface area contributed by atoms with E-state index in [1.165, 1.54) is 17.5 Å². The Balaban J connectivity index is 2.34. The Morgan fingerprint density at radius 1 is 1.40 bits per heavy atom. The number of hydrogen-bond acceptors (Lipinski definition) is 1. The first kappa shape index (κ1) is 5.93. The van der Waals surface area contributed by atoms with Gasteiger partial charge in [0.25, 0.3) is 0 Å². The molecular formula is C9H11N. The Bertz CT molecular complexity index is 242. The van der Waals surface area contributed by atoms with Crippen molar-refractivity contribution in [1.29, 1.82) is 0 Å². The zero-order valence-corrected chi connectivity index (χ0v) is 5.88. The Morgan fingerprint density at radius 2 is 2.20 bits per heavy atom. The lowest BCUT2D eigenvalue weighted by atomic mass is 9.78. The van der Waals surface area contributed by atoms with Crippen LogP contribution in [0.5, 0.6) is 0 Å². The average Bonchev–Trinajstić information content (AvgIpc) is 1.92. The van der Waals surface area contributed by atoms with Gasteiger partial charge in [0.2, 0.25) is 0 Å². The van der Waals surface area contributed by atoms with Gasteiger partial charge in [0.15, 0.2) is 0 Å². The average molecular weight is 133 g/mol. The van der Waals surface area contributed by atoms with Crippen molar-refractivity contribution < 1.29 is 0 Å². The molecule has 1 atom stereocenters. The van der Waals surface area contributed by atoms with E-state index in [2.05, 4.69) is 24.3 Å². The summed E-state index contributed by atoms with van der Waals surface area (Å²) < 4.78 is 0. The third-order valence-electron chi connectivity index (χ3n) is 2.25. The van der Waals surface area contributed by atoms with E-state index < -0.39 is 0 Å². The van der Waals surface area contributed by atoms with Crippen LogP contribution in [-0.4, -0.2) is 6.54 Å². The second kappa shape index (κ2) is 2.10. The van der Waals surface area contributed by atoms with Crippen LogP contribution in [0.15, 0.2) is 24.3 Å². The molecule has 1 aliphatic carbocycles. The largest absolute Gasteiger partial charge is 0.330 e. The van der Waals surface area contributed by atoms with Crippen molar-refractivity contribution in [2.45, 2.75) is 12.3 Å². The Labute approximate surface area is 60.9 Å². The minimum atomic E-state index is 0.649. The molecule has 0 aromatic heterocycles. The van der Waals surface area contributed by atoms with Crippen LogP contribution in [0.4, 0.5) is 0 Å². The van der Waals surface area contributed by atoms with E-state index in [1.807, 2.05) is 0 Å². The molecule has 1 aromatic carbocycles. The first-order chi connectivity index (χ1) is 4.92. The summed E-state index contributed by atoms with van der Waals surface area (Å²) in [6.45, 7) is 0.803. The van der Waals surface area contributed by atoms with Crippen molar-refractivity contribution in [3.63, 3.8) is 0 Å². The highest BCUT2D eigenvalue weighted by atomic mass is 14.6. The summed E-state index contributed by atoms with van der Waals surface area (Å²) >= 11 is 0. The quantitative estimate of drug-likeness (QED) is 0.613. The van der Waals surface area contributed by atoms with Gasteiger partial charge in [-0.1, -0.05) is 24.3 Å². The van der Waals surface area contributed by atoms with Crippen molar-refractivity contribution in [3.05, 3.63) is 35.4 Å². The van der Waals surface area contributed by atoms with Crippen LogP contribution in [0, 0.1) is 0 Å². The van der Waals surface area contributed by atoms with Gasteiger partial charge in [0, 0.05) is 5.92 Å². The molecule has 2 N–H and O–H groups in total. The van der Waals surface area contributed by atoms with Gasteiger partial charge >= 0.3 is 0 Å². The fraction of sp³-hybridized carbons (Fsp3) is 0.333. The Morgan fingerprint density at radius 3 is 2.90 bits per heavy atom. The van der Waals surface area contributed by atoms with Crippen molar-refractivity contribution >= 4 is 0 Å². The third kappa shape index (κ3) is 0.673. The summed E-state index contributed by atoms with van der Waals surface area (Å²) in [4.78, 5) is 0. The number of benzene rings is 1. The summed E-state index contributed by atoms with van der Waals surface area (Å²) in [6, 6.07) is 8.53. The molecule has 0 spiro atoms. The van der Waals surface area contributed by atoms with Gasteiger partial charge in [-0.05, 0) is 24.1 Å². The first-order valence-electron chi connectivity index (χ1n) is 3.69. The van der Waals surface area contributed by atoms with Crippen LogP contribution in [0.1, 0.15) is 17.0 Å². The minimum absolute atomic E-state index is 0.649. The molecule has 1 aliphatic rings. The molecule has 1 heteroatoms. The maximum absolute atomic E-state index is 5.55. The van der Waals surface area contributed by atoms with Crippen molar-refractivity contribution in [3.8, 4) is 0 Å². The molecule has 0 heterocycles. The van der Waals surface area contributed by atoms with Crippen LogP contribution in [0.25, 0.3) is 0 Å². The van der Waals surface area contributed by atoms with Gasteiger partial charge in [-0.25, -0.2) is 0 Å². The fourth-order valence-electron chi connectivity index (χ4n) is 1.57. The molecule has 52 valence electrons. The van der Waals surface area contributed by atoms with E-state index in [4.69, 9.17) is 5.73 Å². The zero-order valence-electron chi connectivity index (χ0n) is 5.88. The smallest absolute Gasteiger partial charge is 0.000440 e. The van der Waals surface area contributed by atoms with Gasteiger partial charge in [0.1, 0.15) is 0 Å². The fourth-order valence-corrected chi connectivity index (χ4v) is 1.57. The molecule has 0 saturated heterocycles. The molecule has 0 bridgehead atoms. The van der Waals surface area contributed by atoms with Crippen LogP contribution in [0.2, 0.25) is 0 Å².